The van der Waals surface area contributed by atoms with Crippen LogP contribution in [0.5, 0.6) is 0 Å². The number of aromatic amines is 1. The van der Waals surface area contributed by atoms with Crippen molar-refractivity contribution in [2.24, 2.45) is 16.7 Å². The third-order valence-electron chi connectivity index (χ3n) is 11.8. The second kappa shape index (κ2) is 5.57. The van der Waals surface area contributed by atoms with Crippen LogP contribution in [0.3, 0.4) is 0 Å². The van der Waals surface area contributed by atoms with Gasteiger partial charge in [-0.25, -0.2) is 4.79 Å². The number of ether oxygens (including phenoxy) is 3. The lowest BCUT2D eigenvalue weighted by molar-refractivity contribution is -0.386. The normalized spacial score (nSPS) is 63.5. The number of H-pyrrole nitrogens is 1. The van der Waals surface area contributed by atoms with E-state index in [2.05, 4.69) is 4.98 Å². The minimum absolute atomic E-state index is 0.0531. The molecular formula is C25H33NO10. The lowest BCUT2D eigenvalue weighted by Gasteiger charge is -2.59. The Kier molecular flexibility index (Phi) is 3.64. The molecule has 7 fully saturated rings. The molecule has 4 heterocycles. The van der Waals surface area contributed by atoms with Crippen LogP contribution in [0.4, 0.5) is 0 Å². The van der Waals surface area contributed by atoms with Crippen molar-refractivity contribution in [3.8, 4) is 0 Å². The number of hydrogen-bond acceptors (Lipinski definition) is 10. The van der Waals surface area contributed by atoms with Gasteiger partial charge in [0.2, 0.25) is 0 Å². The first-order valence-corrected chi connectivity index (χ1v) is 12.5. The van der Waals surface area contributed by atoms with Crippen LogP contribution in [-0.2, 0) is 14.2 Å². The van der Waals surface area contributed by atoms with Crippen molar-refractivity contribution in [1.29, 1.82) is 0 Å². The third-order valence-corrected chi connectivity index (χ3v) is 11.8. The van der Waals surface area contributed by atoms with Crippen LogP contribution in [0.1, 0.15) is 57.9 Å². The van der Waals surface area contributed by atoms with Crippen LogP contribution in [0.25, 0.3) is 0 Å². The van der Waals surface area contributed by atoms with Gasteiger partial charge in [0.05, 0.1) is 11.5 Å². The van der Waals surface area contributed by atoms with E-state index in [1.165, 1.54) is 26.1 Å². The van der Waals surface area contributed by atoms with E-state index in [4.69, 9.17) is 14.2 Å². The number of epoxide rings is 1. The minimum atomic E-state index is -2.66. The Labute approximate surface area is 207 Å². The van der Waals surface area contributed by atoms with Crippen molar-refractivity contribution in [2.75, 3.05) is 0 Å². The van der Waals surface area contributed by atoms with E-state index in [0.717, 1.165) is 0 Å². The predicted octanol–water partition coefficient (Wildman–Crippen LogP) is -1.06. The van der Waals surface area contributed by atoms with E-state index >= 15 is 0 Å². The van der Waals surface area contributed by atoms with E-state index in [1.807, 2.05) is 0 Å². The molecule has 8 rings (SSSR count). The lowest BCUT2D eigenvalue weighted by Crippen LogP contribution is -2.77. The summed E-state index contributed by atoms with van der Waals surface area (Å²) >= 11 is 0. The zero-order valence-corrected chi connectivity index (χ0v) is 20.8. The third kappa shape index (κ3) is 1.60. The fraction of sp³-hybridized carbons (Fsp3) is 0.800. The van der Waals surface area contributed by atoms with Crippen molar-refractivity contribution in [2.45, 2.75) is 105 Å². The molecule has 1 aromatic heterocycles. The Hall–Kier alpha value is -1.57. The first-order valence-electron chi connectivity index (χ1n) is 12.5. The van der Waals surface area contributed by atoms with Gasteiger partial charge in [-0.05, 0) is 31.9 Å². The fourth-order valence-electron chi connectivity index (χ4n) is 9.87. The second-order valence-electron chi connectivity index (χ2n) is 12.8. The number of fused-ring (bicyclic) bond motifs is 1. The lowest BCUT2D eigenvalue weighted by atomic mass is 9.52. The average molecular weight is 508 g/mol. The van der Waals surface area contributed by atoms with E-state index < -0.39 is 86.8 Å². The Balaban J connectivity index is 1.55. The molecule has 1 spiro atoms. The van der Waals surface area contributed by atoms with Gasteiger partial charge in [0.25, 0.3) is 0 Å². The van der Waals surface area contributed by atoms with Gasteiger partial charge < -0.3 is 49.8 Å². The number of aliphatic hydroxyl groups excluding tert-OH is 1. The maximum absolute atomic E-state index is 13.2. The van der Waals surface area contributed by atoms with Crippen LogP contribution >= 0.6 is 0 Å². The molecule has 0 aromatic carbocycles. The van der Waals surface area contributed by atoms with Gasteiger partial charge in [0.15, 0.2) is 17.5 Å². The van der Waals surface area contributed by atoms with Crippen LogP contribution in [0.2, 0.25) is 0 Å². The van der Waals surface area contributed by atoms with E-state index in [1.54, 1.807) is 26.8 Å². The molecule has 6 bridgehead atoms. The van der Waals surface area contributed by atoms with Crippen molar-refractivity contribution in [1.82, 2.24) is 4.98 Å². The first-order chi connectivity index (χ1) is 16.4. The van der Waals surface area contributed by atoms with Gasteiger partial charge >= 0.3 is 5.97 Å². The maximum Gasteiger partial charge on any atom is 0.355 e. The summed E-state index contributed by atoms with van der Waals surface area (Å²) in [5, 5.41) is 74.5. The molecular weight excluding hydrogens is 474 g/mol. The molecule has 11 nitrogen and oxygen atoms in total. The molecule has 1 aromatic rings. The van der Waals surface area contributed by atoms with Gasteiger partial charge in [0.1, 0.15) is 39.8 Å². The van der Waals surface area contributed by atoms with Crippen molar-refractivity contribution >= 4 is 5.97 Å². The van der Waals surface area contributed by atoms with Crippen molar-refractivity contribution in [3.05, 3.63) is 24.0 Å². The molecule has 0 radical (unpaired) electrons. The topological polar surface area (TPSA) is 185 Å². The smallest absolute Gasteiger partial charge is 0.355 e. The summed E-state index contributed by atoms with van der Waals surface area (Å²) in [6.07, 6.45) is -3.06. The summed E-state index contributed by atoms with van der Waals surface area (Å²) in [7, 11) is 0. The first kappa shape index (κ1) is 23.5. The standard InChI is InChI=1S/C25H33NO10/c1-11(2)22(31)16(34-14(27)12-7-6-8-26-12)23(32)17(3)10-21(30)19(22,5)25(23,33)24(36-21)15(28)18(4)13(35-18)9-20(17,24)29/h6-8,11,13,15-16,26,28-33H,9-10H2,1-5H3/t13-,15+,16-,17+,18-,19+,20+,21-,22-,23-,24-,25-/m1/s1. The van der Waals surface area contributed by atoms with Crippen LogP contribution in [0, 0.1) is 16.7 Å². The SMILES string of the molecule is CC(C)[C@@]1(O)[C@@H](OC(=O)c2ccc[nH]2)[C@@]2(O)[C@@]3(C)C[C@@]4(O)O[C@@]5([C@@H](O)[C@]6(C)O[C@@H]6C[C@]35O)[C@@]2(O)[C@@]41C. The van der Waals surface area contributed by atoms with Gasteiger partial charge in [-0.3, -0.25) is 0 Å². The largest absolute Gasteiger partial charge is 0.451 e. The van der Waals surface area contributed by atoms with Gasteiger partial charge in [-0.15, -0.1) is 0 Å². The van der Waals surface area contributed by atoms with E-state index in [-0.39, 0.29) is 12.1 Å². The maximum atomic E-state index is 13.2. The number of carbonyl (C=O) groups is 1. The average Bonchev–Trinajstić information content (AvgIpc) is 3.10. The molecule has 7 aliphatic rings. The predicted molar refractivity (Wildman–Crippen MR) is 118 cm³/mol. The summed E-state index contributed by atoms with van der Waals surface area (Å²) in [6, 6.07) is 3.04. The highest BCUT2D eigenvalue weighted by Crippen LogP contribution is 2.91. The zero-order valence-electron chi connectivity index (χ0n) is 20.8. The summed E-state index contributed by atoms with van der Waals surface area (Å²) in [5.74, 6) is -3.99. The number of aromatic nitrogens is 1. The molecule has 0 unspecified atom stereocenters. The molecule has 0 amide bonds. The molecule has 11 heteroatoms. The molecule has 3 saturated heterocycles. The molecule has 3 aliphatic heterocycles. The number of nitrogens with one attached hydrogen (secondary N) is 1. The van der Waals surface area contributed by atoms with E-state index in [0.29, 0.717) is 0 Å². The van der Waals surface area contributed by atoms with E-state index in [9.17, 15) is 35.4 Å². The summed E-state index contributed by atoms with van der Waals surface area (Å²) in [6.45, 7) is 7.70. The number of aliphatic hydroxyl groups is 6. The molecule has 36 heavy (non-hydrogen) atoms. The quantitative estimate of drug-likeness (QED) is 0.197. The Morgan fingerprint density at radius 1 is 1.17 bits per heavy atom. The number of carbonyl (C=O) groups excluding carboxylic acids is 1. The van der Waals surface area contributed by atoms with Crippen molar-refractivity contribution in [3.63, 3.8) is 0 Å². The molecule has 198 valence electrons. The highest BCUT2D eigenvalue weighted by Gasteiger charge is 3.11. The minimum Gasteiger partial charge on any atom is -0.451 e. The van der Waals surface area contributed by atoms with Gasteiger partial charge in [0, 0.05) is 24.5 Å². The van der Waals surface area contributed by atoms with Gasteiger partial charge in [-0.1, -0.05) is 20.8 Å². The number of rotatable bonds is 3. The highest BCUT2D eigenvalue weighted by atomic mass is 16.7. The molecule has 7 N–H and O–H groups in total. The Morgan fingerprint density at radius 3 is 2.42 bits per heavy atom. The second-order valence-corrected chi connectivity index (χ2v) is 12.8. The fourth-order valence-corrected chi connectivity index (χ4v) is 9.87. The molecule has 4 aliphatic carbocycles. The van der Waals surface area contributed by atoms with Crippen LogP contribution in [-0.4, -0.2) is 99.3 Å². The number of esters is 1. The summed E-state index contributed by atoms with van der Waals surface area (Å²) in [5.41, 5.74) is -17.0. The van der Waals surface area contributed by atoms with Crippen LogP contribution in [0.15, 0.2) is 18.3 Å². The molecule has 4 saturated carbocycles. The Morgan fingerprint density at radius 2 is 1.83 bits per heavy atom. The summed E-state index contributed by atoms with van der Waals surface area (Å²) in [4.78, 5) is 15.9. The Bertz CT molecular complexity index is 1220. The monoisotopic (exact) mass is 507 g/mol. The number of hydrogen-bond donors (Lipinski definition) is 7. The highest BCUT2D eigenvalue weighted by molar-refractivity contribution is 5.87. The molecule has 12 atom stereocenters. The zero-order chi connectivity index (χ0) is 26.3. The van der Waals surface area contributed by atoms with Crippen molar-refractivity contribution < 1.29 is 49.6 Å². The summed E-state index contributed by atoms with van der Waals surface area (Å²) < 4.78 is 17.8. The van der Waals surface area contributed by atoms with Gasteiger partial charge in [-0.2, -0.15) is 0 Å². The van der Waals surface area contributed by atoms with Crippen LogP contribution < -0.4 is 0 Å².